The lowest BCUT2D eigenvalue weighted by molar-refractivity contribution is -0.141. The van der Waals surface area contributed by atoms with Crippen LogP contribution in [0.15, 0.2) is 48.7 Å². The van der Waals surface area contributed by atoms with Gasteiger partial charge in [-0.15, -0.1) is 0 Å². The summed E-state index contributed by atoms with van der Waals surface area (Å²) in [7, 11) is 1.99. The molecule has 0 atom stereocenters. The van der Waals surface area contributed by atoms with Crippen molar-refractivity contribution in [3.05, 3.63) is 59.9 Å². The van der Waals surface area contributed by atoms with Crippen molar-refractivity contribution < 1.29 is 9.59 Å². The molecule has 2 aromatic rings. The molecule has 5 nitrogen and oxygen atoms in total. The molecule has 0 aliphatic heterocycles. The molecular formula is C24H35N3O2. The van der Waals surface area contributed by atoms with Gasteiger partial charge in [-0.25, -0.2) is 0 Å². The number of carbonyl (C=O) groups excluding carboxylic acids is 2. The van der Waals surface area contributed by atoms with Crippen LogP contribution in [0.1, 0.15) is 51.3 Å². The first kappa shape index (κ1) is 22.7. The van der Waals surface area contributed by atoms with Crippen LogP contribution in [0.2, 0.25) is 0 Å². The first-order chi connectivity index (χ1) is 13.9. The Labute approximate surface area is 175 Å². The summed E-state index contributed by atoms with van der Waals surface area (Å²) in [4.78, 5) is 29.5. The SMILES string of the molecule is CCCCC(=O)N(CC(=O)N(Cc1ccccc1)Cc1cccn1C)CC(C)C. The lowest BCUT2D eigenvalue weighted by Crippen LogP contribution is -2.44. The Bertz CT molecular complexity index is 767. The summed E-state index contributed by atoms with van der Waals surface area (Å²) < 4.78 is 2.03. The highest BCUT2D eigenvalue weighted by atomic mass is 16.2. The number of aryl methyl sites for hydroxylation is 1. The van der Waals surface area contributed by atoms with Crippen molar-refractivity contribution >= 4 is 11.8 Å². The minimum Gasteiger partial charge on any atom is -0.353 e. The van der Waals surface area contributed by atoms with Crippen molar-refractivity contribution in [3.63, 3.8) is 0 Å². The molecule has 2 amide bonds. The number of unbranched alkanes of at least 4 members (excludes halogenated alkanes) is 1. The Morgan fingerprint density at radius 2 is 1.69 bits per heavy atom. The van der Waals surface area contributed by atoms with Crippen LogP contribution in [-0.4, -0.2) is 39.3 Å². The minimum absolute atomic E-state index is 0.0134. The van der Waals surface area contributed by atoms with E-state index in [0.717, 1.165) is 24.1 Å². The second-order valence-corrected chi connectivity index (χ2v) is 8.12. The quantitative estimate of drug-likeness (QED) is 0.570. The smallest absolute Gasteiger partial charge is 0.242 e. The summed E-state index contributed by atoms with van der Waals surface area (Å²) in [6.45, 7) is 8.04. The van der Waals surface area contributed by atoms with Crippen LogP contribution in [0, 0.1) is 5.92 Å². The fourth-order valence-corrected chi connectivity index (χ4v) is 3.34. The summed E-state index contributed by atoms with van der Waals surface area (Å²) in [5.41, 5.74) is 2.16. The van der Waals surface area contributed by atoms with Crippen LogP contribution in [-0.2, 0) is 29.7 Å². The fourth-order valence-electron chi connectivity index (χ4n) is 3.34. The summed E-state index contributed by atoms with van der Waals surface area (Å²) in [5, 5.41) is 0. The zero-order valence-corrected chi connectivity index (χ0v) is 18.3. The van der Waals surface area contributed by atoms with Crippen molar-refractivity contribution in [3.8, 4) is 0 Å². The molecule has 158 valence electrons. The van der Waals surface area contributed by atoms with Crippen LogP contribution in [0.25, 0.3) is 0 Å². The maximum atomic E-state index is 13.3. The average molecular weight is 398 g/mol. The Balaban J connectivity index is 2.16. The largest absolute Gasteiger partial charge is 0.353 e. The van der Waals surface area contributed by atoms with E-state index in [9.17, 15) is 9.59 Å². The van der Waals surface area contributed by atoms with Crippen LogP contribution in [0.5, 0.6) is 0 Å². The van der Waals surface area contributed by atoms with Gasteiger partial charge in [0, 0.05) is 38.4 Å². The number of nitrogens with zero attached hydrogens (tertiary/aromatic N) is 3. The van der Waals surface area contributed by atoms with Gasteiger partial charge in [0.05, 0.1) is 13.1 Å². The van der Waals surface area contributed by atoms with Gasteiger partial charge in [0.2, 0.25) is 11.8 Å². The molecule has 0 unspecified atom stereocenters. The molecule has 1 aromatic heterocycles. The third kappa shape index (κ3) is 7.41. The molecule has 1 aromatic carbocycles. The second-order valence-electron chi connectivity index (χ2n) is 8.12. The maximum absolute atomic E-state index is 13.3. The van der Waals surface area contributed by atoms with Gasteiger partial charge in [0.1, 0.15) is 0 Å². The van der Waals surface area contributed by atoms with Crippen molar-refractivity contribution in [2.75, 3.05) is 13.1 Å². The van der Waals surface area contributed by atoms with Gasteiger partial charge < -0.3 is 14.4 Å². The predicted octanol–water partition coefficient (Wildman–Crippen LogP) is 4.23. The predicted molar refractivity (Wildman–Crippen MR) is 117 cm³/mol. The normalized spacial score (nSPS) is 10.9. The first-order valence-corrected chi connectivity index (χ1v) is 10.6. The number of carbonyl (C=O) groups is 2. The Morgan fingerprint density at radius 1 is 0.966 bits per heavy atom. The second kappa shape index (κ2) is 11.4. The van der Waals surface area contributed by atoms with Gasteiger partial charge in [-0.2, -0.15) is 0 Å². The fraction of sp³-hybridized carbons (Fsp3) is 0.500. The molecule has 0 spiro atoms. The monoisotopic (exact) mass is 397 g/mol. The van der Waals surface area contributed by atoms with Crippen LogP contribution in [0.4, 0.5) is 0 Å². The highest BCUT2D eigenvalue weighted by Crippen LogP contribution is 2.13. The Hall–Kier alpha value is -2.56. The van der Waals surface area contributed by atoms with Crippen LogP contribution in [0.3, 0.4) is 0 Å². The van der Waals surface area contributed by atoms with Gasteiger partial charge in [-0.3, -0.25) is 9.59 Å². The van der Waals surface area contributed by atoms with E-state index >= 15 is 0 Å². The lowest BCUT2D eigenvalue weighted by atomic mass is 10.1. The van der Waals surface area contributed by atoms with E-state index in [4.69, 9.17) is 0 Å². The molecule has 2 rings (SSSR count). The number of aromatic nitrogens is 1. The molecule has 0 radical (unpaired) electrons. The van der Waals surface area contributed by atoms with Gasteiger partial charge in [0.15, 0.2) is 0 Å². The van der Waals surface area contributed by atoms with Gasteiger partial charge in [-0.1, -0.05) is 57.5 Å². The molecule has 0 saturated carbocycles. The van der Waals surface area contributed by atoms with Gasteiger partial charge in [0.25, 0.3) is 0 Å². The van der Waals surface area contributed by atoms with E-state index in [1.54, 1.807) is 4.90 Å². The van der Waals surface area contributed by atoms with Crippen LogP contribution < -0.4 is 0 Å². The summed E-state index contributed by atoms with van der Waals surface area (Å²) in [6.07, 6.45) is 4.33. The molecular weight excluding hydrogens is 362 g/mol. The molecule has 0 N–H and O–H groups in total. The van der Waals surface area contributed by atoms with E-state index < -0.39 is 0 Å². The lowest BCUT2D eigenvalue weighted by Gasteiger charge is -2.29. The van der Waals surface area contributed by atoms with E-state index in [1.165, 1.54) is 0 Å². The van der Waals surface area contributed by atoms with Crippen LogP contribution >= 0.6 is 0 Å². The van der Waals surface area contributed by atoms with Crippen molar-refractivity contribution in [2.24, 2.45) is 13.0 Å². The van der Waals surface area contributed by atoms with Crippen molar-refractivity contribution in [2.45, 2.75) is 53.1 Å². The molecule has 0 bridgehead atoms. The van der Waals surface area contributed by atoms with Gasteiger partial charge in [-0.05, 0) is 30.0 Å². The number of benzene rings is 1. The topological polar surface area (TPSA) is 45.6 Å². The molecule has 0 saturated heterocycles. The number of amides is 2. The summed E-state index contributed by atoms with van der Waals surface area (Å²) in [5.74, 6) is 0.386. The Kier molecular flexibility index (Phi) is 8.97. The average Bonchev–Trinajstić information content (AvgIpc) is 3.10. The van der Waals surface area contributed by atoms with E-state index in [0.29, 0.717) is 32.0 Å². The molecule has 0 aliphatic carbocycles. The molecule has 1 heterocycles. The number of hydrogen-bond acceptors (Lipinski definition) is 2. The minimum atomic E-state index is -0.0134. The third-order valence-corrected chi connectivity index (χ3v) is 4.98. The van der Waals surface area contributed by atoms with E-state index in [-0.39, 0.29) is 18.4 Å². The van der Waals surface area contributed by atoms with Crippen molar-refractivity contribution in [1.29, 1.82) is 0 Å². The molecule has 0 aliphatic rings. The summed E-state index contributed by atoms with van der Waals surface area (Å²) >= 11 is 0. The maximum Gasteiger partial charge on any atom is 0.242 e. The van der Waals surface area contributed by atoms with E-state index in [1.807, 2.05) is 65.2 Å². The zero-order valence-electron chi connectivity index (χ0n) is 18.3. The van der Waals surface area contributed by atoms with E-state index in [2.05, 4.69) is 20.8 Å². The number of rotatable bonds is 11. The van der Waals surface area contributed by atoms with Gasteiger partial charge >= 0.3 is 0 Å². The highest BCUT2D eigenvalue weighted by Gasteiger charge is 2.22. The molecule has 0 fully saturated rings. The third-order valence-electron chi connectivity index (χ3n) is 4.98. The standard InChI is InChI=1S/C24H35N3O2/c1-5-6-14-23(28)26(16-20(2)3)19-24(29)27(17-21-11-8-7-9-12-21)18-22-13-10-15-25(22)4/h7-13,15,20H,5-6,14,16-19H2,1-4H3. The Morgan fingerprint density at radius 3 is 2.28 bits per heavy atom. The summed E-state index contributed by atoms with van der Waals surface area (Å²) in [6, 6.07) is 14.0. The first-order valence-electron chi connectivity index (χ1n) is 10.6. The zero-order chi connectivity index (χ0) is 21.2. The molecule has 29 heavy (non-hydrogen) atoms. The number of hydrogen-bond donors (Lipinski definition) is 0. The highest BCUT2D eigenvalue weighted by molar-refractivity contribution is 5.84. The molecule has 5 heteroatoms. The van der Waals surface area contributed by atoms with Crippen molar-refractivity contribution in [1.82, 2.24) is 14.4 Å².